The summed E-state index contributed by atoms with van der Waals surface area (Å²) in [6.07, 6.45) is 2.99. The number of hydrogen-bond acceptors (Lipinski definition) is 6. The van der Waals surface area contributed by atoms with Crippen molar-refractivity contribution in [3.8, 4) is 0 Å². The van der Waals surface area contributed by atoms with E-state index in [1.807, 2.05) is 0 Å². The second-order valence-electron chi connectivity index (χ2n) is 7.83. The predicted octanol–water partition coefficient (Wildman–Crippen LogP) is 0.575. The SMILES string of the molecule is CS(=O)(=O)N1CCN(C(=O)c2cc(Cc3n[nH]c(=O)c4c3NCCC4)ccc2F)CC1. The van der Waals surface area contributed by atoms with Gasteiger partial charge in [0, 0.05) is 44.7 Å². The molecule has 4 rings (SSSR count). The van der Waals surface area contributed by atoms with Crippen LogP contribution in [0.1, 0.15) is 33.6 Å². The Morgan fingerprint density at radius 1 is 1.23 bits per heavy atom. The fourth-order valence-corrected chi connectivity index (χ4v) is 4.84. The first-order valence-corrected chi connectivity index (χ1v) is 12.0. The van der Waals surface area contributed by atoms with Crippen molar-refractivity contribution >= 4 is 21.6 Å². The Kier molecular flexibility index (Phi) is 5.80. The number of anilines is 1. The van der Waals surface area contributed by atoms with Crippen molar-refractivity contribution in [2.75, 3.05) is 44.3 Å². The first-order chi connectivity index (χ1) is 14.7. The van der Waals surface area contributed by atoms with Gasteiger partial charge in [-0.2, -0.15) is 9.40 Å². The Labute approximate surface area is 179 Å². The molecule has 1 saturated heterocycles. The molecule has 1 amide bonds. The molecule has 2 aliphatic rings. The van der Waals surface area contributed by atoms with Gasteiger partial charge in [-0.1, -0.05) is 6.07 Å². The second-order valence-corrected chi connectivity index (χ2v) is 9.81. The molecule has 9 nitrogen and oxygen atoms in total. The smallest absolute Gasteiger partial charge is 0.269 e. The summed E-state index contributed by atoms with van der Waals surface area (Å²) in [5, 5.41) is 9.89. The summed E-state index contributed by atoms with van der Waals surface area (Å²) < 4.78 is 39.1. The lowest BCUT2D eigenvalue weighted by atomic mass is 9.99. The monoisotopic (exact) mass is 449 g/mol. The highest BCUT2D eigenvalue weighted by Crippen LogP contribution is 2.24. The van der Waals surface area contributed by atoms with Crippen LogP contribution in [0.3, 0.4) is 0 Å². The van der Waals surface area contributed by atoms with Crippen molar-refractivity contribution in [1.82, 2.24) is 19.4 Å². The standard InChI is InChI=1S/C20H24FN5O4S/c1-31(29,30)26-9-7-25(8-10-26)20(28)15-11-13(4-5-16(15)21)12-17-18-14(3-2-6-22-18)19(27)24-23-17/h4-5,11,22H,2-3,6-10,12H2,1H3,(H,24,27). The van der Waals surface area contributed by atoms with Crippen LogP contribution in [0.15, 0.2) is 23.0 Å². The van der Waals surface area contributed by atoms with E-state index < -0.39 is 21.7 Å². The van der Waals surface area contributed by atoms with Crippen molar-refractivity contribution in [1.29, 1.82) is 0 Å². The molecule has 0 saturated carbocycles. The lowest BCUT2D eigenvalue weighted by Crippen LogP contribution is -2.50. The minimum atomic E-state index is -3.32. The minimum absolute atomic E-state index is 0.0587. The van der Waals surface area contributed by atoms with Gasteiger partial charge in [0.2, 0.25) is 10.0 Å². The number of carbonyl (C=O) groups is 1. The van der Waals surface area contributed by atoms with Gasteiger partial charge >= 0.3 is 0 Å². The normalized spacial score (nSPS) is 17.2. The molecule has 2 N–H and O–H groups in total. The highest BCUT2D eigenvalue weighted by Gasteiger charge is 2.28. The third-order valence-corrected chi connectivity index (χ3v) is 6.99. The summed E-state index contributed by atoms with van der Waals surface area (Å²) >= 11 is 0. The number of carbonyl (C=O) groups excluding carboxylic acids is 1. The number of H-pyrrole nitrogens is 1. The van der Waals surface area contributed by atoms with Gasteiger partial charge in [-0.15, -0.1) is 0 Å². The highest BCUT2D eigenvalue weighted by molar-refractivity contribution is 7.88. The third-order valence-electron chi connectivity index (χ3n) is 5.69. The van der Waals surface area contributed by atoms with Crippen LogP contribution in [0.2, 0.25) is 0 Å². The fraction of sp³-hybridized carbons (Fsp3) is 0.450. The number of amides is 1. The summed E-state index contributed by atoms with van der Waals surface area (Å²) in [6, 6.07) is 4.35. The molecule has 1 aromatic carbocycles. The Balaban J connectivity index is 1.55. The highest BCUT2D eigenvalue weighted by atomic mass is 32.2. The Hall–Kier alpha value is -2.79. The third kappa shape index (κ3) is 4.47. The number of hydrogen-bond donors (Lipinski definition) is 2. The van der Waals surface area contributed by atoms with Crippen LogP contribution in [0.4, 0.5) is 10.1 Å². The Bertz CT molecular complexity index is 1170. The fourth-order valence-electron chi connectivity index (χ4n) is 4.02. The number of aromatic amines is 1. The first kappa shape index (κ1) is 21.4. The van der Waals surface area contributed by atoms with Crippen LogP contribution >= 0.6 is 0 Å². The van der Waals surface area contributed by atoms with Gasteiger partial charge in [-0.3, -0.25) is 9.59 Å². The number of sulfonamides is 1. The van der Waals surface area contributed by atoms with E-state index in [1.165, 1.54) is 21.3 Å². The lowest BCUT2D eigenvalue weighted by Gasteiger charge is -2.33. The summed E-state index contributed by atoms with van der Waals surface area (Å²) in [6.45, 7) is 1.52. The molecule has 0 radical (unpaired) electrons. The number of aromatic nitrogens is 2. The van der Waals surface area contributed by atoms with Crippen molar-refractivity contribution in [3.63, 3.8) is 0 Å². The van der Waals surface area contributed by atoms with Crippen molar-refractivity contribution in [2.24, 2.45) is 0 Å². The van der Waals surface area contributed by atoms with E-state index in [0.29, 0.717) is 35.3 Å². The molecular formula is C20H24FN5O4S. The van der Waals surface area contributed by atoms with E-state index in [4.69, 9.17) is 0 Å². The maximum Gasteiger partial charge on any atom is 0.269 e. The average molecular weight is 450 g/mol. The molecule has 1 fully saturated rings. The van der Waals surface area contributed by atoms with E-state index in [1.54, 1.807) is 6.07 Å². The van der Waals surface area contributed by atoms with Crippen molar-refractivity contribution < 1.29 is 17.6 Å². The summed E-state index contributed by atoms with van der Waals surface area (Å²) in [5.74, 6) is -1.10. The molecule has 0 bridgehead atoms. The number of nitrogens with zero attached hydrogens (tertiary/aromatic N) is 3. The second kappa shape index (κ2) is 8.39. The molecule has 166 valence electrons. The average Bonchev–Trinajstić information content (AvgIpc) is 2.76. The quantitative estimate of drug-likeness (QED) is 0.705. The van der Waals surface area contributed by atoms with Gasteiger partial charge in [0.1, 0.15) is 5.82 Å². The zero-order valence-corrected chi connectivity index (χ0v) is 18.0. The Morgan fingerprint density at radius 3 is 2.68 bits per heavy atom. The lowest BCUT2D eigenvalue weighted by molar-refractivity contribution is 0.0693. The zero-order chi connectivity index (χ0) is 22.2. The van der Waals surface area contributed by atoms with Gasteiger partial charge in [0.25, 0.3) is 11.5 Å². The number of rotatable bonds is 4. The zero-order valence-electron chi connectivity index (χ0n) is 17.1. The summed E-state index contributed by atoms with van der Waals surface area (Å²) in [5.41, 5.74) is 2.43. The summed E-state index contributed by atoms with van der Waals surface area (Å²) in [7, 11) is -3.32. The molecule has 2 aromatic rings. The van der Waals surface area contributed by atoms with Crippen LogP contribution in [0.5, 0.6) is 0 Å². The molecule has 1 aromatic heterocycles. The molecule has 0 spiro atoms. The van der Waals surface area contributed by atoms with Gasteiger partial charge in [-0.25, -0.2) is 17.9 Å². The number of halogens is 1. The van der Waals surface area contributed by atoms with E-state index in [2.05, 4.69) is 15.5 Å². The molecule has 0 unspecified atom stereocenters. The molecule has 31 heavy (non-hydrogen) atoms. The van der Waals surface area contributed by atoms with Crippen LogP contribution < -0.4 is 10.9 Å². The largest absolute Gasteiger partial charge is 0.383 e. The number of piperazine rings is 1. The number of nitrogens with one attached hydrogen (secondary N) is 2. The van der Waals surface area contributed by atoms with Crippen molar-refractivity contribution in [3.05, 3.63) is 56.8 Å². The van der Waals surface area contributed by atoms with E-state index in [9.17, 15) is 22.4 Å². The Morgan fingerprint density at radius 2 is 1.97 bits per heavy atom. The first-order valence-electron chi connectivity index (χ1n) is 10.1. The van der Waals surface area contributed by atoms with Crippen LogP contribution in [0, 0.1) is 5.82 Å². The molecule has 11 heteroatoms. The molecule has 0 atom stereocenters. The van der Waals surface area contributed by atoms with E-state index in [0.717, 1.165) is 19.2 Å². The maximum atomic E-state index is 14.5. The molecule has 3 heterocycles. The summed E-state index contributed by atoms with van der Waals surface area (Å²) in [4.78, 5) is 26.4. The minimum Gasteiger partial charge on any atom is -0.383 e. The predicted molar refractivity (Wildman–Crippen MR) is 113 cm³/mol. The van der Waals surface area contributed by atoms with Gasteiger partial charge in [0.15, 0.2) is 0 Å². The number of benzene rings is 1. The van der Waals surface area contributed by atoms with E-state index in [-0.39, 0.29) is 37.3 Å². The van der Waals surface area contributed by atoms with Gasteiger partial charge in [0.05, 0.1) is 23.2 Å². The molecule has 0 aliphatic carbocycles. The van der Waals surface area contributed by atoms with Crippen LogP contribution in [0.25, 0.3) is 0 Å². The molecule has 2 aliphatic heterocycles. The topological polar surface area (TPSA) is 115 Å². The van der Waals surface area contributed by atoms with E-state index >= 15 is 0 Å². The molecular weight excluding hydrogens is 425 g/mol. The van der Waals surface area contributed by atoms with Crippen LogP contribution in [-0.2, 0) is 22.9 Å². The van der Waals surface area contributed by atoms with Crippen molar-refractivity contribution in [2.45, 2.75) is 19.3 Å². The van der Waals surface area contributed by atoms with Gasteiger partial charge < -0.3 is 10.2 Å². The maximum absolute atomic E-state index is 14.5. The van der Waals surface area contributed by atoms with Crippen LogP contribution in [-0.4, -0.2) is 72.7 Å². The number of fused-ring (bicyclic) bond motifs is 1. The van der Waals surface area contributed by atoms with Gasteiger partial charge in [-0.05, 0) is 30.5 Å².